The Morgan fingerprint density at radius 1 is 1.47 bits per heavy atom. The molecule has 0 aliphatic rings. The molecule has 3 N–H and O–H groups in total. The molecule has 0 aliphatic heterocycles. The average Bonchev–Trinajstić information content (AvgIpc) is 2.18. The van der Waals surface area contributed by atoms with Gasteiger partial charge < -0.3 is 10.8 Å². The van der Waals surface area contributed by atoms with E-state index in [2.05, 4.69) is 18.2 Å². The first-order valence-electron chi connectivity index (χ1n) is 5.05. The summed E-state index contributed by atoms with van der Waals surface area (Å²) in [6.45, 7) is 4.06. The predicted octanol–water partition coefficient (Wildman–Crippen LogP) is 1.65. The van der Waals surface area contributed by atoms with Gasteiger partial charge in [0.05, 0.1) is 0 Å². The lowest BCUT2D eigenvalue weighted by molar-refractivity contribution is -0.138. The van der Waals surface area contributed by atoms with Crippen LogP contribution >= 0.6 is 0 Å². The van der Waals surface area contributed by atoms with Gasteiger partial charge >= 0.3 is 5.97 Å². The number of rotatable bonds is 4. The highest BCUT2D eigenvalue weighted by molar-refractivity contribution is 5.73. The Morgan fingerprint density at radius 3 is 2.73 bits per heavy atom. The van der Waals surface area contributed by atoms with E-state index in [1.165, 1.54) is 16.7 Å². The second-order valence-electron chi connectivity index (χ2n) is 3.91. The van der Waals surface area contributed by atoms with E-state index in [1.807, 2.05) is 13.8 Å². The molecule has 15 heavy (non-hydrogen) atoms. The number of carboxylic acids is 1. The summed E-state index contributed by atoms with van der Waals surface area (Å²) in [4.78, 5) is 10.5. The number of aliphatic carboxylic acids is 1. The minimum Gasteiger partial charge on any atom is -0.480 e. The van der Waals surface area contributed by atoms with Gasteiger partial charge in [0.25, 0.3) is 0 Å². The maximum atomic E-state index is 10.5. The fraction of sp³-hybridized carbons (Fsp3) is 0.417. The second-order valence-corrected chi connectivity index (χ2v) is 3.91. The van der Waals surface area contributed by atoms with E-state index in [1.54, 1.807) is 0 Å². The molecule has 3 heteroatoms. The van der Waals surface area contributed by atoms with Crippen LogP contribution in [0.2, 0.25) is 0 Å². The van der Waals surface area contributed by atoms with Gasteiger partial charge in [-0.15, -0.1) is 0 Å². The van der Waals surface area contributed by atoms with Crippen molar-refractivity contribution in [2.75, 3.05) is 0 Å². The van der Waals surface area contributed by atoms with Gasteiger partial charge in [0.1, 0.15) is 6.04 Å². The number of carboxylic acid groups (broad SMARTS) is 1. The van der Waals surface area contributed by atoms with Crippen LogP contribution in [0.25, 0.3) is 0 Å². The molecule has 0 amide bonds. The van der Waals surface area contributed by atoms with Gasteiger partial charge in [-0.3, -0.25) is 4.79 Å². The molecule has 0 heterocycles. The molecule has 0 bridgehead atoms. The third-order valence-electron chi connectivity index (χ3n) is 2.55. The molecule has 82 valence electrons. The molecule has 1 rings (SSSR count). The van der Waals surface area contributed by atoms with Gasteiger partial charge in [-0.2, -0.15) is 0 Å². The highest BCUT2D eigenvalue weighted by atomic mass is 16.4. The Bertz CT molecular complexity index is 361. The van der Waals surface area contributed by atoms with Gasteiger partial charge in [0, 0.05) is 0 Å². The van der Waals surface area contributed by atoms with Gasteiger partial charge in [0.15, 0.2) is 0 Å². The van der Waals surface area contributed by atoms with Crippen LogP contribution in [-0.4, -0.2) is 17.1 Å². The first-order chi connectivity index (χ1) is 7.00. The quantitative estimate of drug-likeness (QED) is 0.789. The molecule has 1 aromatic rings. The zero-order chi connectivity index (χ0) is 11.4. The lowest BCUT2D eigenvalue weighted by atomic mass is 9.99. The summed E-state index contributed by atoms with van der Waals surface area (Å²) in [6.07, 6.45) is 1.21. The summed E-state index contributed by atoms with van der Waals surface area (Å²) in [5, 5.41) is 8.66. The van der Waals surface area contributed by atoms with Crippen molar-refractivity contribution in [1.82, 2.24) is 0 Å². The van der Waals surface area contributed by atoms with E-state index >= 15 is 0 Å². The van der Waals surface area contributed by atoms with Crippen LogP contribution in [0.1, 0.15) is 23.1 Å². The van der Waals surface area contributed by atoms with E-state index in [4.69, 9.17) is 10.8 Å². The number of carbonyl (C=O) groups is 1. The van der Waals surface area contributed by atoms with E-state index in [-0.39, 0.29) is 0 Å². The van der Waals surface area contributed by atoms with Gasteiger partial charge in [-0.25, -0.2) is 0 Å². The predicted molar refractivity (Wildman–Crippen MR) is 59.8 cm³/mol. The molecule has 0 radical (unpaired) electrons. The third-order valence-corrected chi connectivity index (χ3v) is 2.55. The Kier molecular flexibility index (Phi) is 3.86. The topological polar surface area (TPSA) is 63.3 Å². The monoisotopic (exact) mass is 207 g/mol. The Labute approximate surface area is 89.9 Å². The number of aryl methyl sites for hydroxylation is 3. The number of benzene rings is 1. The van der Waals surface area contributed by atoms with E-state index in [9.17, 15) is 4.79 Å². The summed E-state index contributed by atoms with van der Waals surface area (Å²) in [6, 6.07) is 5.43. The van der Waals surface area contributed by atoms with Crippen molar-refractivity contribution in [3.8, 4) is 0 Å². The zero-order valence-corrected chi connectivity index (χ0v) is 9.16. The average molecular weight is 207 g/mol. The summed E-state index contributed by atoms with van der Waals surface area (Å²) in [7, 11) is 0. The fourth-order valence-corrected chi connectivity index (χ4v) is 1.50. The fourth-order valence-electron chi connectivity index (χ4n) is 1.50. The summed E-state index contributed by atoms with van der Waals surface area (Å²) in [5.41, 5.74) is 9.03. The van der Waals surface area contributed by atoms with E-state index in [0.717, 1.165) is 6.42 Å². The van der Waals surface area contributed by atoms with Crippen molar-refractivity contribution >= 4 is 5.97 Å². The van der Waals surface area contributed by atoms with Gasteiger partial charge in [-0.1, -0.05) is 23.8 Å². The standard InChI is InChI=1S/C12H17NO2/c1-8-3-4-9(2)10(7-8)5-6-11(13)12(14)15/h3-4,7,11H,5-6,13H2,1-2H3,(H,14,15). The minimum absolute atomic E-state index is 0.486. The number of hydrogen-bond acceptors (Lipinski definition) is 2. The van der Waals surface area contributed by atoms with Crippen molar-refractivity contribution < 1.29 is 9.90 Å². The van der Waals surface area contributed by atoms with Crippen molar-refractivity contribution in [3.63, 3.8) is 0 Å². The van der Waals surface area contributed by atoms with Crippen molar-refractivity contribution in [1.29, 1.82) is 0 Å². The van der Waals surface area contributed by atoms with E-state index < -0.39 is 12.0 Å². The van der Waals surface area contributed by atoms with Crippen LogP contribution in [0.3, 0.4) is 0 Å². The Balaban J connectivity index is 2.65. The molecule has 1 atom stereocenters. The normalized spacial score (nSPS) is 12.5. The van der Waals surface area contributed by atoms with Crippen molar-refractivity contribution in [3.05, 3.63) is 34.9 Å². The lowest BCUT2D eigenvalue weighted by Gasteiger charge is -2.09. The van der Waals surface area contributed by atoms with Crippen LogP contribution in [0.15, 0.2) is 18.2 Å². The molecule has 0 spiro atoms. The smallest absolute Gasteiger partial charge is 0.320 e. The van der Waals surface area contributed by atoms with Gasteiger partial charge in [-0.05, 0) is 37.8 Å². The first-order valence-corrected chi connectivity index (χ1v) is 5.05. The summed E-state index contributed by atoms with van der Waals surface area (Å²) < 4.78 is 0. The minimum atomic E-state index is -0.930. The summed E-state index contributed by atoms with van der Waals surface area (Å²) in [5.74, 6) is -0.930. The molecule has 3 nitrogen and oxygen atoms in total. The first kappa shape index (κ1) is 11.7. The molecule has 1 aromatic carbocycles. The lowest BCUT2D eigenvalue weighted by Crippen LogP contribution is -2.30. The highest BCUT2D eigenvalue weighted by Crippen LogP contribution is 2.13. The maximum absolute atomic E-state index is 10.5. The molecule has 0 saturated heterocycles. The maximum Gasteiger partial charge on any atom is 0.320 e. The molecular formula is C12H17NO2. The van der Waals surface area contributed by atoms with Crippen LogP contribution in [0, 0.1) is 13.8 Å². The number of nitrogens with two attached hydrogens (primary N) is 1. The van der Waals surface area contributed by atoms with Crippen molar-refractivity contribution in [2.24, 2.45) is 5.73 Å². The van der Waals surface area contributed by atoms with E-state index in [0.29, 0.717) is 6.42 Å². The number of hydrogen-bond donors (Lipinski definition) is 2. The Morgan fingerprint density at radius 2 is 2.13 bits per heavy atom. The highest BCUT2D eigenvalue weighted by Gasteiger charge is 2.11. The third kappa shape index (κ3) is 3.36. The van der Waals surface area contributed by atoms with Crippen molar-refractivity contribution in [2.45, 2.75) is 32.7 Å². The molecule has 0 saturated carbocycles. The zero-order valence-electron chi connectivity index (χ0n) is 9.16. The van der Waals surface area contributed by atoms with Crippen LogP contribution in [0.5, 0.6) is 0 Å². The van der Waals surface area contributed by atoms with Crippen LogP contribution < -0.4 is 5.73 Å². The van der Waals surface area contributed by atoms with Crippen LogP contribution in [0.4, 0.5) is 0 Å². The van der Waals surface area contributed by atoms with Gasteiger partial charge in [0.2, 0.25) is 0 Å². The second kappa shape index (κ2) is 4.94. The summed E-state index contributed by atoms with van der Waals surface area (Å²) >= 11 is 0. The SMILES string of the molecule is Cc1ccc(C)c(CCC(N)C(=O)O)c1. The Hall–Kier alpha value is -1.35. The molecule has 1 unspecified atom stereocenters. The molecule has 0 aromatic heterocycles. The molecule has 0 fully saturated rings. The molecule has 0 aliphatic carbocycles. The largest absolute Gasteiger partial charge is 0.480 e. The van der Waals surface area contributed by atoms with Crippen LogP contribution in [-0.2, 0) is 11.2 Å². The molecular weight excluding hydrogens is 190 g/mol.